The van der Waals surface area contributed by atoms with E-state index in [1.165, 1.54) is 19.2 Å². The van der Waals surface area contributed by atoms with E-state index >= 15 is 0 Å². The van der Waals surface area contributed by atoms with Crippen LogP contribution in [0, 0.1) is 17.8 Å². The fourth-order valence-corrected chi connectivity index (χ4v) is 2.77. The summed E-state index contributed by atoms with van der Waals surface area (Å²) in [4.78, 5) is 3.97. The first kappa shape index (κ1) is 9.09. The Morgan fingerprint density at radius 2 is 2.40 bits per heavy atom. The Kier molecular flexibility index (Phi) is 2.29. The maximum Gasteiger partial charge on any atom is 0.213 e. The van der Waals surface area contributed by atoms with Crippen LogP contribution in [0.1, 0.15) is 18.7 Å². The summed E-state index contributed by atoms with van der Waals surface area (Å²) in [6.07, 6.45) is 8.85. The first-order valence-electron chi connectivity index (χ1n) is 5.56. The van der Waals surface area contributed by atoms with Crippen molar-refractivity contribution >= 4 is 0 Å². The average Bonchev–Trinajstić information content (AvgIpc) is 2.93. The largest absolute Gasteiger partial charge is 0.343 e. The van der Waals surface area contributed by atoms with Gasteiger partial charge in [-0.2, -0.15) is 4.98 Å². The molecule has 1 fully saturated rings. The monoisotopic (exact) mass is 205 g/mol. The summed E-state index contributed by atoms with van der Waals surface area (Å²) in [5.41, 5.74) is 0. The molecule has 2 bridgehead atoms. The molecule has 1 aromatic rings. The maximum absolute atomic E-state index is 4.67. The van der Waals surface area contributed by atoms with Gasteiger partial charge in [0, 0.05) is 0 Å². The van der Waals surface area contributed by atoms with E-state index in [9.17, 15) is 0 Å². The highest BCUT2D eigenvalue weighted by Gasteiger charge is 2.34. The topological polar surface area (TPSA) is 51.0 Å². The van der Waals surface area contributed by atoms with Crippen molar-refractivity contribution in [3.05, 3.63) is 24.4 Å². The predicted molar refractivity (Wildman–Crippen MR) is 54.8 cm³/mol. The second-order valence-corrected chi connectivity index (χ2v) is 4.52. The normalized spacial score (nSPS) is 32.7. The summed E-state index contributed by atoms with van der Waals surface area (Å²) in [5, 5.41) is 7.16. The second kappa shape index (κ2) is 3.77. The van der Waals surface area contributed by atoms with E-state index in [-0.39, 0.29) is 0 Å². The Balaban J connectivity index is 1.45. The Bertz CT molecular complexity index is 347. The first-order valence-corrected chi connectivity index (χ1v) is 5.56. The third-order valence-electron chi connectivity index (χ3n) is 3.51. The smallest absolute Gasteiger partial charge is 0.213 e. The average molecular weight is 205 g/mol. The van der Waals surface area contributed by atoms with Crippen LogP contribution in [0.4, 0.5) is 0 Å². The van der Waals surface area contributed by atoms with Gasteiger partial charge < -0.3 is 9.84 Å². The highest BCUT2D eigenvalue weighted by molar-refractivity contribution is 5.10. The van der Waals surface area contributed by atoms with Crippen molar-refractivity contribution in [1.29, 1.82) is 0 Å². The summed E-state index contributed by atoms with van der Waals surface area (Å²) < 4.78 is 4.67. The molecule has 4 heteroatoms. The predicted octanol–water partition coefficient (Wildman–Crippen LogP) is 1.37. The number of hydrogen-bond donors (Lipinski definition) is 1. The van der Waals surface area contributed by atoms with Crippen LogP contribution in [0.5, 0.6) is 0 Å². The lowest BCUT2D eigenvalue weighted by molar-refractivity contribution is 0.392. The molecule has 0 amide bonds. The second-order valence-electron chi connectivity index (χ2n) is 4.52. The molecule has 0 saturated heterocycles. The van der Waals surface area contributed by atoms with Crippen molar-refractivity contribution in [1.82, 2.24) is 15.5 Å². The molecular weight excluding hydrogens is 190 g/mol. The quantitative estimate of drug-likeness (QED) is 0.754. The molecule has 3 atom stereocenters. The lowest BCUT2D eigenvalue weighted by Gasteiger charge is -2.17. The summed E-state index contributed by atoms with van der Waals surface area (Å²) in [6, 6.07) is 0. The molecule has 2 aliphatic carbocycles. The van der Waals surface area contributed by atoms with Crippen LogP contribution in [0.25, 0.3) is 0 Å². The van der Waals surface area contributed by atoms with Gasteiger partial charge in [-0.1, -0.05) is 17.3 Å². The van der Waals surface area contributed by atoms with Crippen LogP contribution < -0.4 is 5.32 Å². The number of nitrogens with one attached hydrogen (secondary N) is 1. The van der Waals surface area contributed by atoms with Crippen LogP contribution in [-0.4, -0.2) is 16.7 Å². The number of hydrogen-bond acceptors (Lipinski definition) is 4. The molecule has 1 N–H and O–H groups in total. The maximum atomic E-state index is 4.67. The highest BCUT2D eigenvalue weighted by atomic mass is 16.5. The van der Waals surface area contributed by atoms with E-state index in [1.807, 2.05) is 0 Å². The van der Waals surface area contributed by atoms with E-state index in [1.54, 1.807) is 0 Å². The molecule has 1 aromatic heterocycles. The van der Waals surface area contributed by atoms with Gasteiger partial charge in [-0.25, -0.2) is 0 Å². The molecule has 0 radical (unpaired) electrons. The van der Waals surface area contributed by atoms with Gasteiger partial charge in [0.2, 0.25) is 6.39 Å². The summed E-state index contributed by atoms with van der Waals surface area (Å²) in [6.45, 7) is 1.79. The molecule has 0 aromatic carbocycles. The molecule has 0 spiro atoms. The SMILES string of the molecule is C1=CC2CC1CC2CNCc1ncon1. The standard InChI is InChI=1S/C11H15N3O/c1-2-9-3-8(1)4-10(9)5-12-6-11-13-7-15-14-11/h1-2,7-10,12H,3-6H2. The summed E-state index contributed by atoms with van der Waals surface area (Å²) in [5.74, 6) is 3.22. The van der Waals surface area contributed by atoms with Gasteiger partial charge >= 0.3 is 0 Å². The van der Waals surface area contributed by atoms with Crippen molar-refractivity contribution < 1.29 is 4.52 Å². The minimum atomic E-state index is 0.716. The van der Waals surface area contributed by atoms with Crippen LogP contribution in [0.15, 0.2) is 23.1 Å². The van der Waals surface area contributed by atoms with Gasteiger partial charge in [0.15, 0.2) is 5.82 Å². The van der Waals surface area contributed by atoms with Crippen LogP contribution in [0.3, 0.4) is 0 Å². The molecule has 15 heavy (non-hydrogen) atoms. The molecule has 80 valence electrons. The Morgan fingerprint density at radius 1 is 1.40 bits per heavy atom. The zero-order valence-corrected chi connectivity index (χ0v) is 8.60. The third-order valence-corrected chi connectivity index (χ3v) is 3.51. The molecule has 3 rings (SSSR count). The molecule has 1 saturated carbocycles. The summed E-state index contributed by atoms with van der Waals surface area (Å²) in [7, 11) is 0. The minimum absolute atomic E-state index is 0.716. The number of aromatic nitrogens is 2. The highest BCUT2D eigenvalue weighted by Crippen LogP contribution is 2.42. The van der Waals surface area contributed by atoms with Gasteiger partial charge in [-0.3, -0.25) is 0 Å². The molecule has 1 heterocycles. The van der Waals surface area contributed by atoms with Gasteiger partial charge in [0.05, 0.1) is 6.54 Å². The van der Waals surface area contributed by atoms with Crippen molar-refractivity contribution in [2.24, 2.45) is 17.8 Å². The third kappa shape index (κ3) is 1.81. The number of rotatable bonds is 4. The lowest BCUT2D eigenvalue weighted by atomic mass is 9.94. The van der Waals surface area contributed by atoms with E-state index < -0.39 is 0 Å². The van der Waals surface area contributed by atoms with Crippen LogP contribution >= 0.6 is 0 Å². The van der Waals surface area contributed by atoms with E-state index in [0.717, 1.165) is 30.1 Å². The van der Waals surface area contributed by atoms with E-state index in [2.05, 4.69) is 32.1 Å². The van der Waals surface area contributed by atoms with Gasteiger partial charge in [-0.05, 0) is 37.1 Å². The van der Waals surface area contributed by atoms with Crippen molar-refractivity contribution in [3.8, 4) is 0 Å². The Labute approximate surface area is 88.7 Å². The van der Waals surface area contributed by atoms with Crippen molar-refractivity contribution in [3.63, 3.8) is 0 Å². The Hall–Kier alpha value is -1.16. The molecule has 3 unspecified atom stereocenters. The number of allylic oxidation sites excluding steroid dienone is 2. The van der Waals surface area contributed by atoms with E-state index in [0.29, 0.717) is 6.54 Å². The fourth-order valence-electron chi connectivity index (χ4n) is 2.77. The molecule has 0 aliphatic heterocycles. The van der Waals surface area contributed by atoms with Crippen LogP contribution in [0.2, 0.25) is 0 Å². The Morgan fingerprint density at radius 3 is 3.07 bits per heavy atom. The number of nitrogens with zero attached hydrogens (tertiary/aromatic N) is 2. The first-order chi connectivity index (χ1) is 7.42. The van der Waals surface area contributed by atoms with Gasteiger partial charge in [0.25, 0.3) is 0 Å². The van der Waals surface area contributed by atoms with Crippen molar-refractivity contribution in [2.75, 3.05) is 6.54 Å². The van der Waals surface area contributed by atoms with Crippen LogP contribution in [-0.2, 0) is 6.54 Å². The zero-order valence-electron chi connectivity index (χ0n) is 8.60. The number of fused-ring (bicyclic) bond motifs is 2. The zero-order chi connectivity index (χ0) is 10.1. The lowest BCUT2D eigenvalue weighted by Crippen LogP contribution is -2.25. The molecule has 2 aliphatic rings. The van der Waals surface area contributed by atoms with Crippen molar-refractivity contribution in [2.45, 2.75) is 19.4 Å². The van der Waals surface area contributed by atoms with Gasteiger partial charge in [0.1, 0.15) is 0 Å². The van der Waals surface area contributed by atoms with E-state index in [4.69, 9.17) is 0 Å². The molecular formula is C11H15N3O. The van der Waals surface area contributed by atoms with Gasteiger partial charge in [-0.15, -0.1) is 0 Å². The minimum Gasteiger partial charge on any atom is -0.343 e. The fraction of sp³-hybridized carbons (Fsp3) is 0.636. The molecule has 4 nitrogen and oxygen atoms in total. The summed E-state index contributed by atoms with van der Waals surface area (Å²) >= 11 is 0.